The molecule has 1 aliphatic heterocycles. The van der Waals surface area contributed by atoms with E-state index in [9.17, 15) is 0 Å². The van der Waals surface area contributed by atoms with E-state index in [1.54, 1.807) is 0 Å². The number of hydrogen-bond donors (Lipinski definition) is 0. The van der Waals surface area contributed by atoms with Gasteiger partial charge in [-0.1, -0.05) is 108 Å². The molecule has 0 atom stereocenters. The first-order valence-electron chi connectivity index (χ1n) is 9.55. The van der Waals surface area contributed by atoms with Gasteiger partial charge >= 0.3 is 0 Å². The fourth-order valence-electron chi connectivity index (χ4n) is 4.78. The molecule has 1 heterocycles. The molecule has 0 bridgehead atoms. The van der Waals surface area contributed by atoms with E-state index in [1.807, 2.05) is 0 Å². The minimum atomic E-state index is -2.29. The Balaban J connectivity index is 1.98. The van der Waals surface area contributed by atoms with Crippen LogP contribution in [0.3, 0.4) is 0 Å². The highest BCUT2D eigenvalue weighted by Gasteiger charge is 2.48. The van der Waals surface area contributed by atoms with Gasteiger partial charge in [0, 0.05) is 0 Å². The Hall–Kier alpha value is -2.90. The Morgan fingerprint density at radius 3 is 1.37 bits per heavy atom. The Morgan fingerprint density at radius 2 is 0.926 bits per heavy atom. The molecular formula is C26H22Si. The van der Waals surface area contributed by atoms with Gasteiger partial charge in [-0.25, -0.2) is 0 Å². The van der Waals surface area contributed by atoms with Crippen molar-refractivity contribution in [2.24, 2.45) is 0 Å². The Labute approximate surface area is 162 Å². The van der Waals surface area contributed by atoms with Crippen LogP contribution in [0.4, 0.5) is 0 Å². The van der Waals surface area contributed by atoms with Crippen LogP contribution in [0, 0.1) is 13.8 Å². The van der Waals surface area contributed by atoms with E-state index in [0.717, 1.165) is 0 Å². The zero-order valence-electron chi connectivity index (χ0n) is 15.7. The van der Waals surface area contributed by atoms with Crippen molar-refractivity contribution >= 4 is 28.8 Å². The molecule has 0 fully saturated rings. The summed E-state index contributed by atoms with van der Waals surface area (Å²) >= 11 is 0. The maximum absolute atomic E-state index is 2.41. The van der Waals surface area contributed by atoms with Crippen molar-refractivity contribution in [1.82, 2.24) is 0 Å². The lowest BCUT2D eigenvalue weighted by Gasteiger charge is -2.31. The summed E-state index contributed by atoms with van der Waals surface area (Å²) in [6, 6.07) is 36.5. The third-order valence-corrected chi connectivity index (χ3v) is 10.7. The highest BCUT2D eigenvalue weighted by Crippen LogP contribution is 2.28. The molecule has 4 aromatic carbocycles. The van der Waals surface area contributed by atoms with Gasteiger partial charge in [0.2, 0.25) is 0 Å². The first-order valence-corrected chi connectivity index (χ1v) is 11.5. The smallest absolute Gasteiger partial charge is 0.0623 e. The molecule has 130 valence electrons. The van der Waals surface area contributed by atoms with E-state index in [1.165, 1.54) is 43.0 Å². The molecule has 0 radical (unpaired) electrons. The van der Waals surface area contributed by atoms with Crippen LogP contribution in [-0.4, -0.2) is 8.07 Å². The predicted octanol–water partition coefficient (Wildman–Crippen LogP) is 3.66. The van der Waals surface area contributed by atoms with Gasteiger partial charge in [-0.15, -0.1) is 0 Å². The Bertz CT molecular complexity index is 1060. The summed E-state index contributed by atoms with van der Waals surface area (Å²) in [5.74, 6) is 0. The number of hydrogen-bond acceptors (Lipinski definition) is 0. The molecule has 0 N–H and O–H groups in total. The van der Waals surface area contributed by atoms with Gasteiger partial charge in [0.05, 0.1) is 0 Å². The van der Waals surface area contributed by atoms with Crippen LogP contribution in [0.25, 0.3) is 11.1 Å². The van der Waals surface area contributed by atoms with E-state index >= 15 is 0 Å². The zero-order valence-corrected chi connectivity index (χ0v) is 16.7. The van der Waals surface area contributed by atoms with Gasteiger partial charge in [-0.3, -0.25) is 0 Å². The minimum Gasteiger partial charge on any atom is -0.0623 e. The first-order chi connectivity index (χ1) is 13.2. The number of rotatable bonds is 2. The lowest BCUT2D eigenvalue weighted by atomic mass is 10.1. The van der Waals surface area contributed by atoms with E-state index < -0.39 is 8.07 Å². The third kappa shape index (κ3) is 2.28. The van der Waals surface area contributed by atoms with Crippen molar-refractivity contribution in [3.8, 4) is 11.1 Å². The molecule has 0 aliphatic carbocycles. The average molecular weight is 363 g/mol. The van der Waals surface area contributed by atoms with E-state index in [-0.39, 0.29) is 0 Å². The average Bonchev–Trinajstić information content (AvgIpc) is 3.00. The third-order valence-electron chi connectivity index (χ3n) is 5.85. The van der Waals surface area contributed by atoms with Crippen LogP contribution >= 0.6 is 0 Å². The molecule has 27 heavy (non-hydrogen) atoms. The van der Waals surface area contributed by atoms with Gasteiger partial charge in [-0.05, 0) is 45.7 Å². The van der Waals surface area contributed by atoms with Gasteiger partial charge in [0.25, 0.3) is 0 Å². The van der Waals surface area contributed by atoms with Crippen molar-refractivity contribution in [3.05, 3.63) is 108 Å². The van der Waals surface area contributed by atoms with Crippen LogP contribution in [0.5, 0.6) is 0 Å². The highest BCUT2D eigenvalue weighted by molar-refractivity contribution is 7.22. The molecule has 4 aromatic rings. The SMILES string of the molecule is Cc1cccc([Si]2(c3cccc(C)c3)c3ccccc3-c3ccccc32)c1. The van der Waals surface area contributed by atoms with Crippen molar-refractivity contribution in [3.63, 3.8) is 0 Å². The zero-order chi connectivity index (χ0) is 18.4. The fourth-order valence-corrected chi connectivity index (χ4v) is 10.2. The molecule has 0 spiro atoms. The standard InChI is InChI=1S/C26H22Si/c1-19-9-7-11-21(17-19)27(22-12-8-10-20(2)18-22)25-15-5-3-13-23(25)24-14-4-6-16-26(24)27/h3-18H,1-2H3. The monoisotopic (exact) mass is 362 g/mol. The molecule has 1 heteroatoms. The maximum Gasteiger partial charge on any atom is 0.180 e. The fraction of sp³-hybridized carbons (Fsp3) is 0.0769. The lowest BCUT2D eigenvalue weighted by molar-refractivity contribution is 1.48. The topological polar surface area (TPSA) is 0 Å². The number of aryl methyl sites for hydroxylation is 2. The van der Waals surface area contributed by atoms with Crippen molar-refractivity contribution in [2.45, 2.75) is 13.8 Å². The second-order valence-electron chi connectivity index (χ2n) is 7.58. The summed E-state index contributed by atoms with van der Waals surface area (Å²) in [5, 5.41) is 5.99. The molecule has 0 amide bonds. The second-order valence-corrected chi connectivity index (χ2v) is 11.3. The predicted molar refractivity (Wildman–Crippen MR) is 119 cm³/mol. The van der Waals surface area contributed by atoms with Crippen LogP contribution in [0.15, 0.2) is 97.1 Å². The summed E-state index contributed by atoms with van der Waals surface area (Å²) in [6.07, 6.45) is 0. The Morgan fingerprint density at radius 1 is 0.481 bits per heavy atom. The van der Waals surface area contributed by atoms with Crippen molar-refractivity contribution < 1.29 is 0 Å². The quantitative estimate of drug-likeness (QED) is 0.421. The summed E-state index contributed by atoms with van der Waals surface area (Å²) in [5.41, 5.74) is 5.47. The molecule has 0 saturated carbocycles. The largest absolute Gasteiger partial charge is 0.180 e. The van der Waals surface area contributed by atoms with E-state index in [4.69, 9.17) is 0 Å². The lowest BCUT2D eigenvalue weighted by Crippen LogP contribution is -2.72. The minimum absolute atomic E-state index is 1.33. The molecule has 5 rings (SSSR count). The molecule has 0 unspecified atom stereocenters. The van der Waals surface area contributed by atoms with Crippen LogP contribution in [-0.2, 0) is 0 Å². The van der Waals surface area contributed by atoms with Crippen molar-refractivity contribution in [1.29, 1.82) is 0 Å². The van der Waals surface area contributed by atoms with Gasteiger partial charge in [-0.2, -0.15) is 0 Å². The molecular weight excluding hydrogens is 340 g/mol. The first kappa shape index (κ1) is 16.3. The summed E-state index contributed by atoms with van der Waals surface area (Å²) in [7, 11) is -2.29. The number of fused-ring (bicyclic) bond motifs is 3. The van der Waals surface area contributed by atoms with Gasteiger partial charge in [0.1, 0.15) is 0 Å². The number of benzene rings is 4. The maximum atomic E-state index is 2.41. The van der Waals surface area contributed by atoms with Crippen LogP contribution < -0.4 is 20.7 Å². The highest BCUT2D eigenvalue weighted by atomic mass is 28.3. The molecule has 0 nitrogen and oxygen atoms in total. The van der Waals surface area contributed by atoms with E-state index in [2.05, 4.69) is 111 Å². The second kappa shape index (κ2) is 6.07. The molecule has 0 saturated heterocycles. The van der Waals surface area contributed by atoms with Crippen LogP contribution in [0.1, 0.15) is 11.1 Å². The molecule has 1 aliphatic rings. The van der Waals surface area contributed by atoms with Crippen LogP contribution in [0.2, 0.25) is 0 Å². The van der Waals surface area contributed by atoms with Crippen molar-refractivity contribution in [2.75, 3.05) is 0 Å². The summed E-state index contributed by atoms with van der Waals surface area (Å²) < 4.78 is 0. The normalized spacial score (nSPS) is 13.9. The van der Waals surface area contributed by atoms with Gasteiger partial charge < -0.3 is 0 Å². The van der Waals surface area contributed by atoms with Gasteiger partial charge in [0.15, 0.2) is 8.07 Å². The Kier molecular flexibility index (Phi) is 3.66. The summed E-state index contributed by atoms with van der Waals surface area (Å²) in [6.45, 7) is 4.41. The summed E-state index contributed by atoms with van der Waals surface area (Å²) in [4.78, 5) is 0. The molecule has 0 aromatic heterocycles. The van der Waals surface area contributed by atoms with E-state index in [0.29, 0.717) is 0 Å².